The molecular weight excluding hydrogens is 371 g/mol. The molecule has 2 aromatic carbocycles. The lowest BCUT2D eigenvalue weighted by Gasteiger charge is -2.05. The summed E-state index contributed by atoms with van der Waals surface area (Å²) >= 11 is 16.5. The highest BCUT2D eigenvalue weighted by Gasteiger charge is 2.09. The molecule has 0 aliphatic rings. The Morgan fingerprint density at radius 1 is 1.05 bits per heavy atom. The maximum atomic E-state index is 10.9. The van der Waals surface area contributed by atoms with Crippen LogP contribution in [0.1, 0.15) is 10.4 Å². The summed E-state index contributed by atoms with van der Waals surface area (Å²) in [4.78, 5) is 12.8. The zero-order valence-corrected chi connectivity index (χ0v) is 13.3. The summed E-state index contributed by atoms with van der Waals surface area (Å²) in [6.07, 6.45) is 0. The van der Waals surface area contributed by atoms with E-state index < -0.39 is 5.97 Å². The first-order valence-electron chi connectivity index (χ1n) is 5.13. The second-order valence-electron chi connectivity index (χ2n) is 3.62. The second kappa shape index (κ2) is 6.18. The largest absolute Gasteiger partial charge is 0.478 e. The van der Waals surface area contributed by atoms with E-state index in [9.17, 15) is 4.79 Å². The second-order valence-corrected chi connectivity index (χ2v) is 6.44. The Labute approximate surface area is 132 Å². The van der Waals surface area contributed by atoms with Gasteiger partial charge in [0.15, 0.2) is 0 Å². The molecule has 0 amide bonds. The van der Waals surface area contributed by atoms with Gasteiger partial charge in [-0.3, -0.25) is 0 Å². The molecule has 0 bridgehead atoms. The average Bonchev–Trinajstić information content (AvgIpc) is 2.33. The van der Waals surface area contributed by atoms with E-state index in [0.29, 0.717) is 14.5 Å². The first kappa shape index (κ1) is 14.7. The van der Waals surface area contributed by atoms with E-state index in [-0.39, 0.29) is 5.56 Å². The molecule has 0 unspecified atom stereocenters. The van der Waals surface area contributed by atoms with Gasteiger partial charge in [-0.2, -0.15) is 0 Å². The zero-order chi connectivity index (χ0) is 14.0. The van der Waals surface area contributed by atoms with Gasteiger partial charge in [0.05, 0.1) is 15.6 Å². The quantitative estimate of drug-likeness (QED) is 0.755. The van der Waals surface area contributed by atoms with Crippen LogP contribution in [0.4, 0.5) is 0 Å². The molecule has 19 heavy (non-hydrogen) atoms. The summed E-state index contributed by atoms with van der Waals surface area (Å²) in [6, 6.07) is 10.4. The number of aromatic carboxylic acids is 1. The number of halogens is 3. The van der Waals surface area contributed by atoms with E-state index in [1.807, 2.05) is 6.07 Å². The molecule has 0 spiro atoms. The minimum Gasteiger partial charge on any atom is -0.478 e. The van der Waals surface area contributed by atoms with Crippen molar-refractivity contribution in [1.82, 2.24) is 0 Å². The topological polar surface area (TPSA) is 37.3 Å². The van der Waals surface area contributed by atoms with Crippen molar-refractivity contribution in [3.05, 3.63) is 56.5 Å². The molecule has 2 rings (SSSR count). The first-order chi connectivity index (χ1) is 8.97. The smallest absolute Gasteiger partial charge is 0.336 e. The fraction of sp³-hybridized carbons (Fsp3) is 0. The summed E-state index contributed by atoms with van der Waals surface area (Å²) in [5.74, 6) is -0.960. The van der Waals surface area contributed by atoms with Crippen molar-refractivity contribution in [2.24, 2.45) is 0 Å². The number of carbonyl (C=O) groups is 1. The van der Waals surface area contributed by atoms with E-state index >= 15 is 0 Å². The van der Waals surface area contributed by atoms with Gasteiger partial charge < -0.3 is 5.11 Å². The van der Waals surface area contributed by atoms with Crippen LogP contribution < -0.4 is 0 Å². The standard InChI is InChI=1S/C13H7BrCl2O2S/c14-10-5-7(1-3-9(10)13(17)18)19-8-2-4-11(15)12(16)6-8/h1-6H,(H,17,18). The lowest BCUT2D eigenvalue weighted by molar-refractivity contribution is 0.0696. The van der Waals surface area contributed by atoms with Crippen molar-refractivity contribution in [3.63, 3.8) is 0 Å². The zero-order valence-electron chi connectivity index (χ0n) is 9.36. The molecule has 6 heteroatoms. The van der Waals surface area contributed by atoms with Gasteiger partial charge in [0.25, 0.3) is 0 Å². The third-order valence-corrected chi connectivity index (χ3v) is 4.67. The van der Waals surface area contributed by atoms with Crippen LogP contribution in [0.5, 0.6) is 0 Å². The number of hydrogen-bond acceptors (Lipinski definition) is 2. The van der Waals surface area contributed by atoms with E-state index in [4.69, 9.17) is 28.3 Å². The summed E-state index contributed by atoms with van der Waals surface area (Å²) in [5.41, 5.74) is 0.235. The van der Waals surface area contributed by atoms with Crippen LogP contribution in [0.2, 0.25) is 10.0 Å². The number of benzene rings is 2. The Bertz CT molecular complexity index is 647. The van der Waals surface area contributed by atoms with Gasteiger partial charge >= 0.3 is 5.97 Å². The Hall–Kier alpha value is -0.680. The van der Waals surface area contributed by atoms with E-state index in [2.05, 4.69) is 15.9 Å². The number of rotatable bonds is 3. The molecule has 0 aliphatic heterocycles. The Morgan fingerprint density at radius 2 is 1.68 bits per heavy atom. The Kier molecular flexibility index (Phi) is 4.79. The molecule has 1 N–H and O–H groups in total. The predicted molar refractivity (Wildman–Crippen MR) is 81.7 cm³/mol. The van der Waals surface area contributed by atoms with E-state index in [1.165, 1.54) is 11.8 Å². The third kappa shape index (κ3) is 3.66. The molecule has 0 saturated carbocycles. The minimum atomic E-state index is -0.960. The summed E-state index contributed by atoms with van der Waals surface area (Å²) in [6.45, 7) is 0. The average molecular weight is 378 g/mol. The van der Waals surface area contributed by atoms with E-state index in [0.717, 1.165) is 9.79 Å². The lowest BCUT2D eigenvalue weighted by atomic mass is 10.2. The van der Waals surface area contributed by atoms with Gasteiger partial charge in [0.2, 0.25) is 0 Å². The van der Waals surface area contributed by atoms with Crippen LogP contribution in [-0.2, 0) is 0 Å². The van der Waals surface area contributed by atoms with Crippen molar-refractivity contribution in [3.8, 4) is 0 Å². The first-order valence-corrected chi connectivity index (χ1v) is 7.49. The van der Waals surface area contributed by atoms with Crippen molar-refractivity contribution in [2.75, 3.05) is 0 Å². The highest BCUT2D eigenvalue weighted by atomic mass is 79.9. The van der Waals surface area contributed by atoms with Gasteiger partial charge in [-0.25, -0.2) is 4.79 Å². The summed E-state index contributed by atoms with van der Waals surface area (Å²) in [7, 11) is 0. The fourth-order valence-electron chi connectivity index (χ4n) is 1.41. The minimum absolute atomic E-state index is 0.235. The molecule has 98 valence electrons. The number of carboxylic acid groups (broad SMARTS) is 1. The molecule has 0 atom stereocenters. The normalized spacial score (nSPS) is 10.5. The highest BCUT2D eigenvalue weighted by Crippen LogP contribution is 2.34. The fourth-order valence-corrected chi connectivity index (χ4v) is 3.37. The molecule has 2 nitrogen and oxygen atoms in total. The van der Waals surface area contributed by atoms with Crippen molar-refractivity contribution in [1.29, 1.82) is 0 Å². The SMILES string of the molecule is O=C(O)c1ccc(Sc2ccc(Cl)c(Cl)c2)cc1Br. The lowest BCUT2D eigenvalue weighted by Crippen LogP contribution is -1.96. The van der Waals surface area contributed by atoms with Crippen LogP contribution in [-0.4, -0.2) is 11.1 Å². The molecular formula is C13H7BrCl2O2S. The number of hydrogen-bond donors (Lipinski definition) is 1. The van der Waals surface area contributed by atoms with Crippen LogP contribution in [0.15, 0.2) is 50.7 Å². The maximum absolute atomic E-state index is 10.9. The highest BCUT2D eigenvalue weighted by molar-refractivity contribution is 9.10. The van der Waals surface area contributed by atoms with Gasteiger partial charge in [0.1, 0.15) is 0 Å². The summed E-state index contributed by atoms with van der Waals surface area (Å²) in [5, 5.41) is 9.95. The van der Waals surface area contributed by atoms with Crippen LogP contribution in [0, 0.1) is 0 Å². The van der Waals surface area contributed by atoms with Crippen LogP contribution >= 0.6 is 50.9 Å². The third-order valence-electron chi connectivity index (χ3n) is 2.30. The van der Waals surface area contributed by atoms with Gasteiger partial charge in [-0.1, -0.05) is 35.0 Å². The Morgan fingerprint density at radius 3 is 2.26 bits per heavy atom. The van der Waals surface area contributed by atoms with Gasteiger partial charge in [-0.15, -0.1) is 0 Å². The van der Waals surface area contributed by atoms with Crippen molar-refractivity contribution >= 4 is 56.9 Å². The van der Waals surface area contributed by atoms with Crippen LogP contribution in [0.25, 0.3) is 0 Å². The van der Waals surface area contributed by atoms with Crippen molar-refractivity contribution in [2.45, 2.75) is 9.79 Å². The molecule has 0 aromatic heterocycles. The Balaban J connectivity index is 2.26. The molecule has 0 saturated heterocycles. The molecule has 0 aliphatic carbocycles. The van der Waals surface area contributed by atoms with Crippen molar-refractivity contribution < 1.29 is 9.90 Å². The number of carboxylic acids is 1. The summed E-state index contributed by atoms with van der Waals surface area (Å²) < 4.78 is 0.546. The predicted octanol–water partition coefficient (Wildman–Crippen LogP) is 5.61. The molecule has 0 radical (unpaired) electrons. The molecule has 0 fully saturated rings. The molecule has 0 heterocycles. The molecule has 2 aromatic rings. The monoisotopic (exact) mass is 376 g/mol. The maximum Gasteiger partial charge on any atom is 0.336 e. The van der Waals surface area contributed by atoms with Crippen LogP contribution in [0.3, 0.4) is 0 Å². The van der Waals surface area contributed by atoms with E-state index in [1.54, 1.807) is 30.3 Å². The van der Waals surface area contributed by atoms with Gasteiger partial charge in [0, 0.05) is 14.3 Å². The van der Waals surface area contributed by atoms with Gasteiger partial charge in [-0.05, 0) is 52.3 Å².